The van der Waals surface area contributed by atoms with E-state index in [4.69, 9.17) is 0 Å². The van der Waals surface area contributed by atoms with Gasteiger partial charge in [0.1, 0.15) is 11.6 Å². The zero-order valence-electron chi connectivity index (χ0n) is 22.4. The highest BCUT2D eigenvalue weighted by atomic mass is 16.1. The van der Waals surface area contributed by atoms with Gasteiger partial charge in [0.05, 0.1) is 0 Å². The van der Waals surface area contributed by atoms with E-state index >= 15 is 0 Å². The van der Waals surface area contributed by atoms with E-state index in [2.05, 4.69) is 55.4 Å². The maximum atomic E-state index is 14.1. The number of carbonyl (C=O) groups is 2. The lowest BCUT2D eigenvalue weighted by Gasteiger charge is -2.65. The van der Waals surface area contributed by atoms with Crippen molar-refractivity contribution >= 4 is 11.6 Å². The molecule has 4 aliphatic carbocycles. The number of rotatable bonds is 5. The van der Waals surface area contributed by atoms with E-state index in [1.54, 1.807) is 0 Å². The van der Waals surface area contributed by atoms with E-state index in [9.17, 15) is 9.59 Å². The highest BCUT2D eigenvalue weighted by Crippen LogP contribution is 2.73. The summed E-state index contributed by atoms with van der Waals surface area (Å²) in [6.45, 7) is 18.9. The first-order valence-electron chi connectivity index (χ1n) is 13.8. The summed E-state index contributed by atoms with van der Waals surface area (Å²) in [5.41, 5.74) is 0.138. The molecule has 4 rings (SSSR count). The smallest absolute Gasteiger partial charge is 0.138 e. The largest absolute Gasteiger partial charge is 0.299 e. The van der Waals surface area contributed by atoms with Gasteiger partial charge < -0.3 is 0 Å². The zero-order valence-corrected chi connectivity index (χ0v) is 22.4. The topological polar surface area (TPSA) is 34.1 Å². The Bertz CT molecular complexity index is 765. The summed E-state index contributed by atoms with van der Waals surface area (Å²) >= 11 is 0. The Morgan fingerprint density at radius 3 is 2.22 bits per heavy atom. The Morgan fingerprint density at radius 1 is 0.875 bits per heavy atom. The first-order chi connectivity index (χ1) is 14.8. The molecule has 0 heterocycles. The highest BCUT2D eigenvalue weighted by Gasteiger charge is 2.69. The second-order valence-electron chi connectivity index (χ2n) is 14.3. The third-order valence-electron chi connectivity index (χ3n) is 12.1. The molecule has 8 atom stereocenters. The van der Waals surface area contributed by atoms with Crippen LogP contribution < -0.4 is 0 Å². The molecule has 8 unspecified atom stereocenters. The van der Waals surface area contributed by atoms with Crippen molar-refractivity contribution in [1.29, 1.82) is 0 Å². The van der Waals surface area contributed by atoms with E-state index < -0.39 is 0 Å². The molecule has 182 valence electrons. The highest BCUT2D eigenvalue weighted by molar-refractivity contribution is 5.88. The summed E-state index contributed by atoms with van der Waals surface area (Å²) in [4.78, 5) is 26.9. The lowest BCUT2D eigenvalue weighted by molar-refractivity contribution is -0.188. The third-order valence-corrected chi connectivity index (χ3v) is 12.1. The lowest BCUT2D eigenvalue weighted by atomic mass is 9.38. The minimum absolute atomic E-state index is 0.00270. The van der Waals surface area contributed by atoms with Gasteiger partial charge in [0.25, 0.3) is 0 Å². The lowest BCUT2D eigenvalue weighted by Crippen LogP contribution is -2.63. The van der Waals surface area contributed by atoms with Gasteiger partial charge in [-0.3, -0.25) is 9.59 Å². The Labute approximate surface area is 198 Å². The van der Waals surface area contributed by atoms with Gasteiger partial charge in [-0.05, 0) is 77.9 Å². The molecule has 0 N–H and O–H groups in total. The third kappa shape index (κ3) is 3.31. The molecular formula is C30H50O2. The van der Waals surface area contributed by atoms with Crippen LogP contribution in [0.1, 0.15) is 120 Å². The SMILES string of the molecule is CC(C)CCCC(C)C1CCC2(C)C3CCC4C(C)(C)C(=O)CCC4(C)C3C(=O)CC12C. The van der Waals surface area contributed by atoms with Crippen LogP contribution in [-0.2, 0) is 9.59 Å². The van der Waals surface area contributed by atoms with Crippen LogP contribution in [0.5, 0.6) is 0 Å². The predicted molar refractivity (Wildman–Crippen MR) is 132 cm³/mol. The average Bonchev–Trinajstić information content (AvgIpc) is 2.96. The number of hydrogen-bond donors (Lipinski definition) is 0. The van der Waals surface area contributed by atoms with Gasteiger partial charge in [-0.1, -0.05) is 74.7 Å². The molecule has 0 amide bonds. The van der Waals surface area contributed by atoms with Crippen molar-refractivity contribution in [1.82, 2.24) is 0 Å². The van der Waals surface area contributed by atoms with Gasteiger partial charge in [-0.15, -0.1) is 0 Å². The predicted octanol–water partition coefficient (Wildman–Crippen LogP) is 7.88. The number of ketones is 2. The van der Waals surface area contributed by atoms with Crippen molar-refractivity contribution in [3.8, 4) is 0 Å². The second-order valence-corrected chi connectivity index (χ2v) is 14.3. The first kappa shape index (κ1) is 24.5. The quantitative estimate of drug-likeness (QED) is 0.434. The maximum absolute atomic E-state index is 14.1. The van der Waals surface area contributed by atoms with Crippen molar-refractivity contribution in [2.75, 3.05) is 0 Å². The molecule has 0 aliphatic heterocycles. The molecule has 2 nitrogen and oxygen atoms in total. The second kappa shape index (κ2) is 7.94. The zero-order chi connectivity index (χ0) is 23.7. The normalized spacial score (nSPS) is 46.5. The molecule has 4 saturated carbocycles. The van der Waals surface area contributed by atoms with Gasteiger partial charge in [0.15, 0.2) is 0 Å². The van der Waals surface area contributed by atoms with Crippen LogP contribution >= 0.6 is 0 Å². The fourth-order valence-corrected chi connectivity index (χ4v) is 10.1. The fourth-order valence-electron chi connectivity index (χ4n) is 10.1. The summed E-state index contributed by atoms with van der Waals surface area (Å²) < 4.78 is 0. The number of carbonyl (C=O) groups excluding carboxylic acids is 2. The molecule has 2 heteroatoms. The van der Waals surface area contributed by atoms with Gasteiger partial charge in [-0.2, -0.15) is 0 Å². The molecular weight excluding hydrogens is 392 g/mol. The van der Waals surface area contributed by atoms with Crippen molar-refractivity contribution in [2.24, 2.45) is 57.2 Å². The van der Waals surface area contributed by atoms with Crippen molar-refractivity contribution in [3.63, 3.8) is 0 Å². The van der Waals surface area contributed by atoms with Gasteiger partial charge in [-0.25, -0.2) is 0 Å². The van der Waals surface area contributed by atoms with Crippen molar-refractivity contribution in [3.05, 3.63) is 0 Å². The van der Waals surface area contributed by atoms with Crippen molar-refractivity contribution < 1.29 is 9.59 Å². The Balaban J connectivity index is 1.62. The van der Waals surface area contributed by atoms with E-state index in [1.807, 2.05) is 0 Å². The summed E-state index contributed by atoms with van der Waals surface area (Å²) in [7, 11) is 0. The van der Waals surface area contributed by atoms with Crippen LogP contribution in [0, 0.1) is 57.2 Å². The fraction of sp³-hybridized carbons (Fsp3) is 0.933. The van der Waals surface area contributed by atoms with Crippen LogP contribution in [0.3, 0.4) is 0 Å². The van der Waals surface area contributed by atoms with Crippen LogP contribution in [0.25, 0.3) is 0 Å². The monoisotopic (exact) mass is 442 g/mol. The minimum atomic E-state index is -0.275. The Kier molecular flexibility index (Phi) is 6.07. The molecule has 0 aromatic rings. The Morgan fingerprint density at radius 2 is 1.56 bits per heavy atom. The number of hydrogen-bond acceptors (Lipinski definition) is 2. The Hall–Kier alpha value is -0.660. The molecule has 32 heavy (non-hydrogen) atoms. The van der Waals surface area contributed by atoms with Gasteiger partial charge >= 0.3 is 0 Å². The average molecular weight is 443 g/mol. The maximum Gasteiger partial charge on any atom is 0.138 e. The minimum Gasteiger partial charge on any atom is -0.299 e. The van der Waals surface area contributed by atoms with Gasteiger partial charge in [0, 0.05) is 24.2 Å². The summed E-state index contributed by atoms with van der Waals surface area (Å²) in [6, 6.07) is 0. The molecule has 4 aliphatic rings. The molecule has 0 saturated heterocycles. The van der Waals surface area contributed by atoms with Crippen molar-refractivity contribution in [2.45, 2.75) is 120 Å². The van der Waals surface area contributed by atoms with Gasteiger partial charge in [0.2, 0.25) is 0 Å². The molecule has 0 aromatic carbocycles. The molecule has 0 spiro atoms. The van der Waals surface area contributed by atoms with Crippen LogP contribution in [0.15, 0.2) is 0 Å². The molecule has 0 aromatic heterocycles. The number of Topliss-reactive ketones (excluding diaryl/α,β-unsaturated/α-hetero) is 2. The summed E-state index contributed by atoms with van der Waals surface area (Å²) in [5.74, 6) is 4.19. The van der Waals surface area contributed by atoms with Crippen LogP contribution in [0.4, 0.5) is 0 Å². The molecule has 0 bridgehead atoms. The molecule has 4 fully saturated rings. The van der Waals surface area contributed by atoms with E-state index in [0.29, 0.717) is 41.7 Å². The van der Waals surface area contributed by atoms with E-state index in [0.717, 1.165) is 31.6 Å². The first-order valence-corrected chi connectivity index (χ1v) is 13.8. The molecule has 0 radical (unpaired) electrons. The summed E-state index contributed by atoms with van der Waals surface area (Å²) in [5, 5.41) is 0. The van der Waals surface area contributed by atoms with E-state index in [1.165, 1.54) is 32.1 Å². The van der Waals surface area contributed by atoms with Crippen LogP contribution in [0.2, 0.25) is 0 Å². The number of fused-ring (bicyclic) bond motifs is 5. The van der Waals surface area contributed by atoms with Crippen LogP contribution in [-0.4, -0.2) is 11.6 Å². The van der Waals surface area contributed by atoms with E-state index in [-0.39, 0.29) is 27.6 Å². The standard InChI is InChI=1S/C30H50O2/c1-19(2)10-9-11-20(3)21-14-17-29(7)22-12-13-24-27(4,5)25(32)15-16-28(24,6)26(22)23(31)18-30(21,29)8/h19-22,24,26H,9-18H2,1-8H3. The summed E-state index contributed by atoms with van der Waals surface area (Å²) in [6.07, 6.45) is 11.2.